The summed E-state index contributed by atoms with van der Waals surface area (Å²) in [6.07, 6.45) is 0. The van der Waals surface area contributed by atoms with Crippen molar-refractivity contribution in [3.63, 3.8) is 0 Å². The van der Waals surface area contributed by atoms with Gasteiger partial charge in [-0.15, -0.1) is 0 Å². The molecule has 0 aliphatic rings. The minimum Gasteiger partial charge on any atom is -0.479 e. The van der Waals surface area contributed by atoms with Gasteiger partial charge >= 0.3 is 5.97 Å². The van der Waals surface area contributed by atoms with Crippen molar-refractivity contribution < 1.29 is 14.6 Å². The predicted molar refractivity (Wildman–Crippen MR) is 36.8 cm³/mol. The molecule has 5 heteroatoms. The summed E-state index contributed by atoms with van der Waals surface area (Å²) in [6, 6.07) is 0. The number of carboxylic acid groups (broad SMARTS) is 1. The van der Waals surface area contributed by atoms with Gasteiger partial charge in [-0.05, 0) is 6.92 Å². The largest absolute Gasteiger partial charge is 0.479 e. The quantitative estimate of drug-likeness (QED) is 0.650. The van der Waals surface area contributed by atoms with E-state index in [0.29, 0.717) is 5.82 Å². The molecule has 1 rings (SSSR count). The Labute approximate surface area is 63.0 Å². The molecule has 0 aliphatic heterocycles. The van der Waals surface area contributed by atoms with E-state index in [1.165, 1.54) is 7.11 Å². The molecule has 0 aliphatic carbocycles. The predicted octanol–water partition coefficient (Wildman–Crippen LogP) is 0.425. The zero-order chi connectivity index (χ0) is 8.43. The van der Waals surface area contributed by atoms with Gasteiger partial charge in [0.15, 0.2) is 5.69 Å². The number of hydrogen-bond acceptors (Lipinski definition) is 3. The lowest BCUT2D eigenvalue weighted by Crippen LogP contribution is -1.99. The monoisotopic (exact) mass is 156 g/mol. The second-order valence-corrected chi connectivity index (χ2v) is 2.01. The van der Waals surface area contributed by atoms with Gasteiger partial charge in [-0.1, -0.05) is 0 Å². The average Bonchev–Trinajstić information content (AvgIpc) is 2.30. The maximum absolute atomic E-state index is 10.4. The summed E-state index contributed by atoms with van der Waals surface area (Å²) in [7, 11) is 1.38. The summed E-state index contributed by atoms with van der Waals surface area (Å²) in [5.41, 5.74) is -0.00926. The molecule has 0 saturated carbocycles. The number of aromatic carboxylic acids is 1. The van der Waals surface area contributed by atoms with Crippen LogP contribution in [0.15, 0.2) is 0 Å². The van der Waals surface area contributed by atoms with Crippen molar-refractivity contribution in [2.75, 3.05) is 7.11 Å². The fraction of sp³-hybridized carbons (Fsp3) is 0.333. The Morgan fingerprint density at radius 3 is 2.73 bits per heavy atom. The number of ether oxygens (including phenoxy) is 1. The number of carboxylic acids is 1. The molecule has 0 unspecified atom stereocenters. The number of hydrogen-bond donors (Lipinski definition) is 2. The standard InChI is InChI=1S/C6H8N2O3/c1-3-7-4(6(9)10)5(8-3)11-2/h1-2H3,(H,7,8)(H,9,10). The minimum atomic E-state index is -1.07. The van der Waals surface area contributed by atoms with Crippen LogP contribution in [0.2, 0.25) is 0 Å². The van der Waals surface area contributed by atoms with Crippen molar-refractivity contribution in [3.05, 3.63) is 11.5 Å². The van der Waals surface area contributed by atoms with Crippen molar-refractivity contribution >= 4 is 5.97 Å². The molecule has 0 atom stereocenters. The van der Waals surface area contributed by atoms with E-state index < -0.39 is 5.97 Å². The lowest BCUT2D eigenvalue weighted by Gasteiger charge is -1.92. The summed E-state index contributed by atoms with van der Waals surface area (Å²) in [5.74, 6) is -0.420. The Hall–Kier alpha value is -1.52. The zero-order valence-electron chi connectivity index (χ0n) is 6.21. The number of methoxy groups -OCH3 is 1. The summed E-state index contributed by atoms with van der Waals surface area (Å²) in [6.45, 7) is 1.66. The number of H-pyrrole nitrogens is 1. The molecule has 11 heavy (non-hydrogen) atoms. The first-order valence-corrected chi connectivity index (χ1v) is 2.99. The van der Waals surface area contributed by atoms with Gasteiger partial charge in [0.1, 0.15) is 5.82 Å². The van der Waals surface area contributed by atoms with E-state index in [1.807, 2.05) is 0 Å². The van der Waals surface area contributed by atoms with Gasteiger partial charge < -0.3 is 14.8 Å². The Morgan fingerprint density at radius 2 is 2.36 bits per heavy atom. The summed E-state index contributed by atoms with van der Waals surface area (Å²) < 4.78 is 4.70. The lowest BCUT2D eigenvalue weighted by molar-refractivity contribution is 0.0687. The Kier molecular flexibility index (Phi) is 1.80. The summed E-state index contributed by atoms with van der Waals surface area (Å²) >= 11 is 0. The molecule has 1 heterocycles. The number of aromatic amines is 1. The van der Waals surface area contributed by atoms with E-state index in [1.54, 1.807) is 6.92 Å². The van der Waals surface area contributed by atoms with Crippen LogP contribution in [0.25, 0.3) is 0 Å². The second-order valence-electron chi connectivity index (χ2n) is 2.01. The number of aromatic nitrogens is 2. The van der Waals surface area contributed by atoms with E-state index in [2.05, 4.69) is 9.97 Å². The van der Waals surface area contributed by atoms with E-state index in [4.69, 9.17) is 9.84 Å². The SMILES string of the molecule is COc1nc(C)[nH]c1C(=O)O. The summed E-state index contributed by atoms with van der Waals surface area (Å²) in [4.78, 5) is 16.8. The first kappa shape index (κ1) is 7.59. The zero-order valence-corrected chi connectivity index (χ0v) is 6.21. The van der Waals surface area contributed by atoms with Gasteiger partial charge in [-0.25, -0.2) is 4.79 Å². The van der Waals surface area contributed by atoms with Crippen molar-refractivity contribution in [2.24, 2.45) is 0 Å². The number of rotatable bonds is 2. The molecular weight excluding hydrogens is 148 g/mol. The van der Waals surface area contributed by atoms with Gasteiger partial charge in [0.2, 0.25) is 5.88 Å². The highest BCUT2D eigenvalue weighted by Gasteiger charge is 2.14. The molecule has 0 saturated heterocycles. The van der Waals surface area contributed by atoms with Crippen molar-refractivity contribution in [3.8, 4) is 5.88 Å². The molecule has 0 radical (unpaired) electrons. The number of nitrogens with zero attached hydrogens (tertiary/aromatic N) is 1. The third-order valence-corrected chi connectivity index (χ3v) is 1.20. The molecular formula is C6H8N2O3. The highest BCUT2D eigenvalue weighted by atomic mass is 16.5. The molecule has 5 nitrogen and oxygen atoms in total. The number of nitrogens with one attached hydrogen (secondary N) is 1. The van der Waals surface area contributed by atoms with Crippen LogP contribution < -0.4 is 4.74 Å². The van der Waals surface area contributed by atoms with Gasteiger partial charge in [0.05, 0.1) is 7.11 Å². The maximum atomic E-state index is 10.4. The summed E-state index contributed by atoms with van der Waals surface area (Å²) in [5, 5.41) is 8.56. The Balaban J connectivity index is 3.12. The fourth-order valence-electron chi connectivity index (χ4n) is 0.763. The Bertz CT molecular complexity index is 279. The fourth-order valence-corrected chi connectivity index (χ4v) is 0.763. The highest BCUT2D eigenvalue weighted by Crippen LogP contribution is 2.13. The van der Waals surface area contributed by atoms with E-state index in [-0.39, 0.29) is 11.6 Å². The number of carbonyl (C=O) groups is 1. The van der Waals surface area contributed by atoms with Crippen molar-refractivity contribution in [1.82, 2.24) is 9.97 Å². The third kappa shape index (κ3) is 1.31. The smallest absolute Gasteiger partial charge is 0.358 e. The van der Waals surface area contributed by atoms with Gasteiger partial charge in [-0.2, -0.15) is 4.98 Å². The van der Waals surface area contributed by atoms with Crippen molar-refractivity contribution in [2.45, 2.75) is 6.92 Å². The van der Waals surface area contributed by atoms with Crippen LogP contribution in [-0.2, 0) is 0 Å². The third-order valence-electron chi connectivity index (χ3n) is 1.20. The molecule has 0 bridgehead atoms. The lowest BCUT2D eigenvalue weighted by atomic mass is 10.5. The van der Waals surface area contributed by atoms with Crippen LogP contribution in [0.1, 0.15) is 16.3 Å². The van der Waals surface area contributed by atoms with Crippen LogP contribution in [0.5, 0.6) is 5.88 Å². The molecule has 0 aromatic carbocycles. The molecule has 0 fully saturated rings. The molecule has 1 aromatic heterocycles. The van der Waals surface area contributed by atoms with Gasteiger partial charge in [0, 0.05) is 0 Å². The molecule has 0 spiro atoms. The second kappa shape index (κ2) is 2.61. The van der Waals surface area contributed by atoms with Crippen LogP contribution in [-0.4, -0.2) is 28.2 Å². The van der Waals surface area contributed by atoms with Crippen molar-refractivity contribution in [1.29, 1.82) is 0 Å². The topological polar surface area (TPSA) is 75.2 Å². The molecule has 60 valence electrons. The van der Waals surface area contributed by atoms with Crippen LogP contribution >= 0.6 is 0 Å². The van der Waals surface area contributed by atoms with Crippen LogP contribution in [0.3, 0.4) is 0 Å². The highest BCUT2D eigenvalue weighted by molar-refractivity contribution is 5.88. The number of aryl methyl sites for hydroxylation is 1. The van der Waals surface area contributed by atoms with E-state index in [0.717, 1.165) is 0 Å². The first-order valence-electron chi connectivity index (χ1n) is 2.99. The molecule has 2 N–H and O–H groups in total. The van der Waals surface area contributed by atoms with Gasteiger partial charge in [-0.3, -0.25) is 0 Å². The average molecular weight is 156 g/mol. The van der Waals surface area contributed by atoms with E-state index >= 15 is 0 Å². The Morgan fingerprint density at radius 1 is 1.73 bits per heavy atom. The molecule has 1 aromatic rings. The van der Waals surface area contributed by atoms with Gasteiger partial charge in [0.25, 0.3) is 0 Å². The molecule has 0 amide bonds. The number of imidazole rings is 1. The normalized spacial score (nSPS) is 9.64. The van der Waals surface area contributed by atoms with Crippen LogP contribution in [0, 0.1) is 6.92 Å². The van der Waals surface area contributed by atoms with Crippen LogP contribution in [0.4, 0.5) is 0 Å². The van der Waals surface area contributed by atoms with E-state index in [9.17, 15) is 4.79 Å². The first-order chi connectivity index (χ1) is 5.15. The maximum Gasteiger partial charge on any atom is 0.358 e. The minimum absolute atomic E-state index is 0.00926.